The van der Waals surface area contributed by atoms with Gasteiger partial charge in [0, 0.05) is 12.4 Å². The molecule has 120 valence electrons. The van der Waals surface area contributed by atoms with Crippen LogP contribution in [-0.2, 0) is 14.4 Å². The van der Waals surface area contributed by atoms with Gasteiger partial charge in [0.2, 0.25) is 0 Å². The lowest BCUT2D eigenvalue weighted by Gasteiger charge is -2.04. The quantitative estimate of drug-likeness (QED) is 0.651. The van der Waals surface area contributed by atoms with Crippen molar-refractivity contribution in [2.45, 2.75) is 18.7 Å². The first-order chi connectivity index (χ1) is 11.0. The average molecular weight is 330 g/mol. The van der Waals surface area contributed by atoms with Crippen molar-refractivity contribution in [2.24, 2.45) is 4.99 Å². The molecule has 0 unspecified atom stereocenters. The van der Waals surface area contributed by atoms with Gasteiger partial charge in [0.25, 0.3) is 0 Å². The molecule has 1 N–H and O–H groups in total. The van der Waals surface area contributed by atoms with Crippen LogP contribution in [-0.4, -0.2) is 14.6 Å². The molecule has 2 rings (SSSR count). The topological polar surface area (TPSA) is 67.8 Å². The Morgan fingerprint density at radius 2 is 1.52 bits per heavy atom. The number of aliphatic imine (C=N–C) groups is 1. The molecule has 2 aromatic carbocycles. The Bertz CT molecular complexity index is 793. The zero-order valence-corrected chi connectivity index (χ0v) is 13.7. The van der Waals surface area contributed by atoms with E-state index in [9.17, 15) is 8.42 Å². The van der Waals surface area contributed by atoms with Gasteiger partial charge in [-0.1, -0.05) is 35.4 Å². The van der Waals surface area contributed by atoms with Crippen LogP contribution in [0, 0.1) is 13.8 Å². The molecule has 0 atom stereocenters. The van der Waals surface area contributed by atoms with Crippen LogP contribution in [0.25, 0.3) is 0 Å². The zero-order valence-electron chi connectivity index (χ0n) is 12.9. The van der Waals surface area contributed by atoms with Gasteiger partial charge in [-0.05, 0) is 44.2 Å². The summed E-state index contributed by atoms with van der Waals surface area (Å²) in [5.41, 5.74) is 5.23. The maximum Gasteiger partial charge on any atom is 0.317 e. The number of hydrogen-bond acceptors (Lipinski definition) is 5. The van der Waals surface area contributed by atoms with Gasteiger partial charge < -0.3 is 0 Å². The SMILES string of the molecule is Cc1ccc(N=C/C=C/NOS(=O)(=O)c2ccc(C)cc2)cc1. The van der Waals surface area contributed by atoms with Crippen LogP contribution in [0.5, 0.6) is 0 Å². The highest BCUT2D eigenvalue weighted by Gasteiger charge is 2.14. The van der Waals surface area contributed by atoms with Gasteiger partial charge >= 0.3 is 10.1 Å². The molecule has 23 heavy (non-hydrogen) atoms. The third-order valence-electron chi connectivity index (χ3n) is 2.98. The van der Waals surface area contributed by atoms with E-state index in [4.69, 9.17) is 4.28 Å². The molecule has 0 heterocycles. The number of hydroxylamine groups is 1. The van der Waals surface area contributed by atoms with E-state index in [0.717, 1.165) is 16.8 Å². The van der Waals surface area contributed by atoms with Crippen molar-refractivity contribution < 1.29 is 12.7 Å². The first kappa shape index (κ1) is 16.9. The highest BCUT2D eigenvalue weighted by molar-refractivity contribution is 7.86. The minimum Gasteiger partial charge on any atom is -0.257 e. The molecular weight excluding hydrogens is 312 g/mol. The predicted octanol–water partition coefficient (Wildman–Crippen LogP) is 3.43. The molecule has 0 aliphatic carbocycles. The Morgan fingerprint density at radius 3 is 2.13 bits per heavy atom. The van der Waals surface area contributed by atoms with Gasteiger partial charge in [0.1, 0.15) is 0 Å². The summed E-state index contributed by atoms with van der Waals surface area (Å²) in [7, 11) is -3.83. The van der Waals surface area contributed by atoms with E-state index < -0.39 is 10.1 Å². The molecule has 0 saturated heterocycles. The monoisotopic (exact) mass is 330 g/mol. The van der Waals surface area contributed by atoms with Crippen molar-refractivity contribution in [3.05, 3.63) is 71.9 Å². The summed E-state index contributed by atoms with van der Waals surface area (Å²) in [6, 6.07) is 14.1. The Hall–Kier alpha value is -2.44. The van der Waals surface area contributed by atoms with E-state index in [2.05, 4.69) is 10.5 Å². The highest BCUT2D eigenvalue weighted by Crippen LogP contribution is 2.12. The molecule has 0 aliphatic heterocycles. The smallest absolute Gasteiger partial charge is 0.257 e. The first-order valence-electron chi connectivity index (χ1n) is 6.99. The standard InChI is InChI=1S/C17H18N2O3S/c1-14-4-8-16(9-5-14)18-12-3-13-19-22-23(20,21)17-10-6-15(2)7-11-17/h3-13,19H,1-2H3/b13-3+,18-12?. The second-order valence-electron chi connectivity index (χ2n) is 4.94. The molecule has 5 nitrogen and oxygen atoms in total. The second-order valence-corrected chi connectivity index (χ2v) is 6.49. The summed E-state index contributed by atoms with van der Waals surface area (Å²) in [5.74, 6) is 0. The number of benzene rings is 2. The third-order valence-corrected chi connectivity index (χ3v) is 4.14. The molecule has 0 aromatic heterocycles. The average Bonchev–Trinajstić information content (AvgIpc) is 2.53. The lowest BCUT2D eigenvalue weighted by Crippen LogP contribution is -2.15. The highest BCUT2D eigenvalue weighted by atomic mass is 32.2. The fourth-order valence-electron chi connectivity index (χ4n) is 1.69. The van der Waals surface area contributed by atoms with E-state index in [1.165, 1.54) is 18.3 Å². The summed E-state index contributed by atoms with van der Waals surface area (Å²) in [6.07, 6.45) is 4.44. The van der Waals surface area contributed by atoms with E-state index in [1.807, 2.05) is 38.1 Å². The van der Waals surface area contributed by atoms with Crippen LogP contribution < -0.4 is 5.48 Å². The van der Waals surface area contributed by atoms with Crippen molar-refractivity contribution in [2.75, 3.05) is 0 Å². The molecule has 0 saturated carbocycles. The minimum absolute atomic E-state index is 0.0947. The molecule has 2 aromatic rings. The Balaban J connectivity index is 1.86. The number of aryl methyl sites for hydroxylation is 2. The van der Waals surface area contributed by atoms with E-state index >= 15 is 0 Å². The molecule has 0 radical (unpaired) electrons. The largest absolute Gasteiger partial charge is 0.317 e. The fourth-order valence-corrected chi connectivity index (χ4v) is 2.43. The lowest BCUT2D eigenvalue weighted by molar-refractivity contribution is 0.249. The summed E-state index contributed by atoms with van der Waals surface area (Å²) in [5, 5.41) is 0. The number of hydrogen-bond donors (Lipinski definition) is 1. The molecule has 0 aliphatic rings. The van der Waals surface area contributed by atoms with E-state index in [1.54, 1.807) is 24.4 Å². The van der Waals surface area contributed by atoms with Crippen molar-refractivity contribution >= 4 is 22.0 Å². The summed E-state index contributed by atoms with van der Waals surface area (Å²) >= 11 is 0. The number of allylic oxidation sites excluding steroid dienone is 1. The van der Waals surface area contributed by atoms with Crippen molar-refractivity contribution in [1.29, 1.82) is 0 Å². The fraction of sp³-hybridized carbons (Fsp3) is 0.118. The van der Waals surface area contributed by atoms with Gasteiger partial charge in [-0.2, -0.15) is 8.42 Å². The number of nitrogens with one attached hydrogen (secondary N) is 1. The molecule has 0 amide bonds. The van der Waals surface area contributed by atoms with Gasteiger partial charge in [-0.25, -0.2) is 0 Å². The summed E-state index contributed by atoms with van der Waals surface area (Å²) in [4.78, 5) is 4.29. The van der Waals surface area contributed by atoms with Crippen LogP contribution in [0.4, 0.5) is 5.69 Å². The van der Waals surface area contributed by atoms with Gasteiger partial charge in [-0.15, -0.1) is 4.28 Å². The summed E-state index contributed by atoms with van der Waals surface area (Å²) in [6.45, 7) is 3.88. The zero-order chi connectivity index (χ0) is 16.7. The molecule has 0 spiro atoms. The Morgan fingerprint density at radius 1 is 0.957 bits per heavy atom. The maximum absolute atomic E-state index is 11.9. The first-order valence-corrected chi connectivity index (χ1v) is 8.40. The molecule has 0 fully saturated rings. The number of rotatable bonds is 6. The molecule has 0 bridgehead atoms. The van der Waals surface area contributed by atoms with Crippen LogP contribution in [0.1, 0.15) is 11.1 Å². The Kier molecular flexibility index (Phi) is 5.67. The lowest BCUT2D eigenvalue weighted by atomic mass is 10.2. The van der Waals surface area contributed by atoms with Crippen LogP contribution in [0.2, 0.25) is 0 Å². The number of nitrogens with zero attached hydrogens (tertiary/aromatic N) is 1. The Labute approximate surface area is 136 Å². The normalized spacial score (nSPS) is 12.1. The van der Waals surface area contributed by atoms with Gasteiger partial charge in [0.05, 0.1) is 10.6 Å². The van der Waals surface area contributed by atoms with E-state index in [-0.39, 0.29) is 4.90 Å². The van der Waals surface area contributed by atoms with Crippen LogP contribution in [0.15, 0.2) is 70.7 Å². The van der Waals surface area contributed by atoms with Crippen molar-refractivity contribution in [3.63, 3.8) is 0 Å². The van der Waals surface area contributed by atoms with Crippen LogP contribution >= 0.6 is 0 Å². The molecular formula is C17H18N2O3S. The van der Waals surface area contributed by atoms with Crippen molar-refractivity contribution in [1.82, 2.24) is 5.48 Å². The second kappa shape index (κ2) is 7.71. The maximum atomic E-state index is 11.9. The van der Waals surface area contributed by atoms with Gasteiger partial charge in [0.15, 0.2) is 0 Å². The van der Waals surface area contributed by atoms with Crippen LogP contribution in [0.3, 0.4) is 0 Å². The van der Waals surface area contributed by atoms with Gasteiger partial charge in [-0.3, -0.25) is 10.5 Å². The summed E-state index contributed by atoms with van der Waals surface area (Å²) < 4.78 is 28.5. The molecule has 6 heteroatoms. The predicted molar refractivity (Wildman–Crippen MR) is 91.1 cm³/mol. The minimum atomic E-state index is -3.83. The van der Waals surface area contributed by atoms with Crippen molar-refractivity contribution in [3.8, 4) is 0 Å². The third kappa shape index (κ3) is 5.36. The van der Waals surface area contributed by atoms with E-state index in [0.29, 0.717) is 0 Å².